The first-order valence-corrected chi connectivity index (χ1v) is 9.43. The Morgan fingerprint density at radius 3 is 2.38 bits per heavy atom. The van der Waals surface area contributed by atoms with Crippen LogP contribution in [0.1, 0.15) is 18.1 Å². The van der Waals surface area contributed by atoms with Gasteiger partial charge in [-0.2, -0.15) is 0 Å². The molecule has 6 heteroatoms. The van der Waals surface area contributed by atoms with Crippen LogP contribution >= 0.6 is 0 Å². The van der Waals surface area contributed by atoms with E-state index >= 15 is 0 Å². The van der Waals surface area contributed by atoms with Crippen LogP contribution in [0.5, 0.6) is 11.5 Å². The predicted molar refractivity (Wildman–Crippen MR) is 113 cm³/mol. The quantitative estimate of drug-likeness (QED) is 0.627. The monoisotopic (exact) mass is 396 g/mol. The Balaban J connectivity index is 2.23. The smallest absolute Gasteiger partial charge is 0.242 e. The highest BCUT2D eigenvalue weighted by Gasteiger charge is 2.26. The van der Waals surface area contributed by atoms with Crippen molar-refractivity contribution in [2.45, 2.75) is 25.9 Å². The molecule has 0 radical (unpaired) electrons. The molecule has 0 aliphatic carbocycles. The van der Waals surface area contributed by atoms with E-state index in [0.717, 1.165) is 11.1 Å². The minimum atomic E-state index is -0.622. The SMILES string of the molecule is C=CCNC(=O)C(C)N(Cc1ccccc1)C(=O)Cc1ccc(OC)c(OC)c1. The molecule has 0 aliphatic rings. The van der Waals surface area contributed by atoms with Gasteiger partial charge in [0, 0.05) is 13.1 Å². The first-order valence-electron chi connectivity index (χ1n) is 9.43. The van der Waals surface area contributed by atoms with Crippen LogP contribution in [0.4, 0.5) is 0 Å². The van der Waals surface area contributed by atoms with E-state index in [9.17, 15) is 9.59 Å². The van der Waals surface area contributed by atoms with E-state index in [4.69, 9.17) is 9.47 Å². The molecule has 2 rings (SSSR count). The molecule has 0 saturated carbocycles. The molecular weight excluding hydrogens is 368 g/mol. The summed E-state index contributed by atoms with van der Waals surface area (Å²) in [4.78, 5) is 27.2. The minimum Gasteiger partial charge on any atom is -0.493 e. The number of carbonyl (C=O) groups excluding carboxylic acids is 2. The lowest BCUT2D eigenvalue weighted by Gasteiger charge is -2.29. The van der Waals surface area contributed by atoms with Crippen molar-refractivity contribution in [1.29, 1.82) is 0 Å². The molecule has 0 heterocycles. The van der Waals surface area contributed by atoms with Crippen molar-refractivity contribution in [3.63, 3.8) is 0 Å². The van der Waals surface area contributed by atoms with Gasteiger partial charge in [-0.25, -0.2) is 0 Å². The standard InChI is InChI=1S/C23H28N2O4/c1-5-13-24-23(27)17(2)25(16-18-9-7-6-8-10-18)22(26)15-19-11-12-20(28-3)21(14-19)29-4/h5-12,14,17H,1,13,15-16H2,2-4H3,(H,24,27). The van der Waals surface area contributed by atoms with Crippen LogP contribution in [-0.2, 0) is 22.6 Å². The molecule has 154 valence electrons. The zero-order chi connectivity index (χ0) is 21.2. The van der Waals surface area contributed by atoms with E-state index in [1.54, 1.807) is 44.3 Å². The molecule has 6 nitrogen and oxygen atoms in total. The van der Waals surface area contributed by atoms with Crippen LogP contribution in [0, 0.1) is 0 Å². The van der Waals surface area contributed by atoms with Crippen molar-refractivity contribution < 1.29 is 19.1 Å². The van der Waals surface area contributed by atoms with Gasteiger partial charge in [0.2, 0.25) is 11.8 Å². The van der Waals surface area contributed by atoms with E-state index in [-0.39, 0.29) is 18.2 Å². The van der Waals surface area contributed by atoms with Gasteiger partial charge in [-0.05, 0) is 30.2 Å². The third-order valence-electron chi connectivity index (χ3n) is 4.59. The summed E-state index contributed by atoms with van der Waals surface area (Å²) >= 11 is 0. The molecular formula is C23H28N2O4. The summed E-state index contributed by atoms with van der Waals surface area (Å²) in [5, 5.41) is 2.76. The fourth-order valence-corrected chi connectivity index (χ4v) is 2.95. The zero-order valence-electron chi connectivity index (χ0n) is 17.2. The number of benzene rings is 2. The van der Waals surface area contributed by atoms with Gasteiger partial charge in [-0.1, -0.05) is 42.5 Å². The number of hydrogen-bond acceptors (Lipinski definition) is 4. The van der Waals surface area contributed by atoms with Crippen molar-refractivity contribution in [2.24, 2.45) is 0 Å². The molecule has 0 bridgehead atoms. The fraction of sp³-hybridized carbons (Fsp3) is 0.304. The highest BCUT2D eigenvalue weighted by molar-refractivity contribution is 5.88. The minimum absolute atomic E-state index is 0.145. The van der Waals surface area contributed by atoms with Gasteiger partial charge in [0.25, 0.3) is 0 Å². The Morgan fingerprint density at radius 1 is 1.07 bits per heavy atom. The second-order valence-electron chi connectivity index (χ2n) is 6.58. The van der Waals surface area contributed by atoms with Gasteiger partial charge < -0.3 is 19.7 Å². The molecule has 2 amide bonds. The van der Waals surface area contributed by atoms with Crippen molar-refractivity contribution in [3.05, 3.63) is 72.3 Å². The van der Waals surface area contributed by atoms with Crippen LogP contribution in [0.25, 0.3) is 0 Å². The summed E-state index contributed by atoms with van der Waals surface area (Å²) in [5.41, 5.74) is 1.74. The van der Waals surface area contributed by atoms with E-state index in [1.807, 2.05) is 36.4 Å². The molecule has 1 atom stereocenters. The predicted octanol–water partition coefficient (Wildman–Crippen LogP) is 2.97. The van der Waals surface area contributed by atoms with Gasteiger partial charge in [0.15, 0.2) is 11.5 Å². The van der Waals surface area contributed by atoms with Crippen LogP contribution < -0.4 is 14.8 Å². The van der Waals surface area contributed by atoms with Gasteiger partial charge in [-0.3, -0.25) is 9.59 Å². The Morgan fingerprint density at radius 2 is 1.76 bits per heavy atom. The first kappa shape index (κ1) is 22.0. The number of nitrogens with one attached hydrogen (secondary N) is 1. The number of rotatable bonds is 10. The molecule has 0 saturated heterocycles. The largest absolute Gasteiger partial charge is 0.493 e. The normalized spacial score (nSPS) is 11.3. The average molecular weight is 396 g/mol. The topological polar surface area (TPSA) is 67.9 Å². The summed E-state index contributed by atoms with van der Waals surface area (Å²) in [6, 6.07) is 14.4. The number of hydrogen-bond donors (Lipinski definition) is 1. The highest BCUT2D eigenvalue weighted by atomic mass is 16.5. The molecule has 1 N–H and O–H groups in total. The van der Waals surface area contributed by atoms with Gasteiger partial charge >= 0.3 is 0 Å². The molecule has 2 aromatic rings. The van der Waals surface area contributed by atoms with Crippen LogP contribution in [0.3, 0.4) is 0 Å². The van der Waals surface area contributed by atoms with Gasteiger partial charge in [0.05, 0.1) is 20.6 Å². The Bertz CT molecular complexity index is 836. The average Bonchev–Trinajstić information content (AvgIpc) is 2.75. The Labute approximate surface area is 172 Å². The Kier molecular flexibility index (Phi) is 8.27. The number of carbonyl (C=O) groups is 2. The second kappa shape index (κ2) is 10.9. The first-order chi connectivity index (χ1) is 14.0. The lowest BCUT2D eigenvalue weighted by Crippen LogP contribution is -2.48. The van der Waals surface area contributed by atoms with Crippen molar-refractivity contribution in [1.82, 2.24) is 10.2 Å². The maximum atomic E-state index is 13.1. The number of ether oxygens (including phenoxy) is 2. The maximum Gasteiger partial charge on any atom is 0.242 e. The summed E-state index contributed by atoms with van der Waals surface area (Å²) in [6.45, 7) is 6.03. The molecule has 1 unspecified atom stereocenters. The van der Waals surface area contributed by atoms with E-state index in [1.165, 1.54) is 0 Å². The fourth-order valence-electron chi connectivity index (χ4n) is 2.95. The molecule has 0 fully saturated rings. The second-order valence-corrected chi connectivity index (χ2v) is 6.58. The highest BCUT2D eigenvalue weighted by Crippen LogP contribution is 2.28. The van der Waals surface area contributed by atoms with E-state index in [0.29, 0.717) is 24.6 Å². The lowest BCUT2D eigenvalue weighted by molar-refractivity contribution is -0.140. The van der Waals surface area contributed by atoms with E-state index < -0.39 is 6.04 Å². The molecule has 0 aliphatic heterocycles. The van der Waals surface area contributed by atoms with Crippen molar-refractivity contribution >= 4 is 11.8 Å². The maximum absolute atomic E-state index is 13.1. The van der Waals surface area contributed by atoms with Crippen molar-refractivity contribution in [3.8, 4) is 11.5 Å². The lowest BCUT2D eigenvalue weighted by atomic mass is 10.1. The molecule has 0 aromatic heterocycles. The van der Waals surface area contributed by atoms with Crippen molar-refractivity contribution in [2.75, 3.05) is 20.8 Å². The molecule has 0 spiro atoms. The van der Waals surface area contributed by atoms with Gasteiger partial charge in [-0.15, -0.1) is 6.58 Å². The van der Waals surface area contributed by atoms with Gasteiger partial charge in [0.1, 0.15) is 6.04 Å². The van der Waals surface area contributed by atoms with E-state index in [2.05, 4.69) is 11.9 Å². The zero-order valence-corrected chi connectivity index (χ0v) is 17.2. The number of methoxy groups -OCH3 is 2. The summed E-state index contributed by atoms with van der Waals surface area (Å²) in [7, 11) is 3.12. The molecule has 2 aromatic carbocycles. The van der Waals surface area contributed by atoms with Crippen LogP contribution in [-0.4, -0.2) is 43.5 Å². The summed E-state index contributed by atoms with van der Waals surface area (Å²) in [5.74, 6) is 0.787. The third-order valence-corrected chi connectivity index (χ3v) is 4.59. The van der Waals surface area contributed by atoms with Crippen LogP contribution in [0.15, 0.2) is 61.2 Å². The Hall–Kier alpha value is -3.28. The summed E-state index contributed by atoms with van der Waals surface area (Å²) in [6.07, 6.45) is 1.75. The third kappa shape index (κ3) is 6.10. The van der Waals surface area contributed by atoms with Crippen LogP contribution in [0.2, 0.25) is 0 Å². The summed E-state index contributed by atoms with van der Waals surface area (Å²) < 4.78 is 10.6. The number of nitrogens with zero attached hydrogens (tertiary/aromatic N) is 1. The number of amides is 2. The molecule has 29 heavy (non-hydrogen) atoms.